The predicted molar refractivity (Wildman–Crippen MR) is 62.6 cm³/mol. The molecule has 2 nitrogen and oxygen atoms in total. The van der Waals surface area contributed by atoms with Gasteiger partial charge in [0.05, 0.1) is 13.2 Å². The van der Waals surface area contributed by atoms with E-state index >= 15 is 0 Å². The topological polar surface area (TPSA) is 21.3 Å². The first-order valence-corrected chi connectivity index (χ1v) is 5.64. The van der Waals surface area contributed by atoms with Crippen LogP contribution < -0.4 is 5.32 Å². The number of hydrogen-bond donors (Lipinski definition) is 1. The molecular formula is C12H25NO. The van der Waals surface area contributed by atoms with Gasteiger partial charge < -0.3 is 10.1 Å². The monoisotopic (exact) mass is 199 g/mol. The quantitative estimate of drug-likeness (QED) is 0.455. The van der Waals surface area contributed by atoms with E-state index in [1.165, 1.54) is 6.42 Å². The Morgan fingerprint density at radius 1 is 1.36 bits per heavy atom. The molecule has 0 aliphatic rings. The van der Waals surface area contributed by atoms with Crippen LogP contribution in [0.3, 0.4) is 0 Å². The van der Waals surface area contributed by atoms with E-state index < -0.39 is 0 Å². The number of rotatable bonds is 9. The maximum absolute atomic E-state index is 5.40. The molecule has 84 valence electrons. The molecule has 0 aromatic carbocycles. The smallest absolute Gasteiger partial charge is 0.0591 e. The first-order chi connectivity index (χ1) is 6.72. The van der Waals surface area contributed by atoms with Gasteiger partial charge in [-0.3, -0.25) is 0 Å². The van der Waals surface area contributed by atoms with E-state index in [4.69, 9.17) is 4.74 Å². The summed E-state index contributed by atoms with van der Waals surface area (Å²) in [6.45, 7) is 12.9. The zero-order chi connectivity index (χ0) is 10.8. The Morgan fingerprint density at radius 3 is 2.64 bits per heavy atom. The van der Waals surface area contributed by atoms with E-state index in [2.05, 4.69) is 32.7 Å². The number of hydrogen-bond acceptors (Lipinski definition) is 2. The summed E-state index contributed by atoms with van der Waals surface area (Å²) in [5.74, 6) is 0.739. The van der Waals surface area contributed by atoms with Crippen LogP contribution in [-0.4, -0.2) is 25.8 Å². The first kappa shape index (κ1) is 13.7. The summed E-state index contributed by atoms with van der Waals surface area (Å²) >= 11 is 0. The summed E-state index contributed by atoms with van der Waals surface area (Å²) < 4.78 is 5.40. The van der Waals surface area contributed by atoms with Gasteiger partial charge in [0.15, 0.2) is 0 Å². The van der Waals surface area contributed by atoms with Crippen LogP contribution in [0.25, 0.3) is 0 Å². The molecule has 0 saturated heterocycles. The van der Waals surface area contributed by atoms with Crippen molar-refractivity contribution in [3.8, 4) is 0 Å². The van der Waals surface area contributed by atoms with Crippen molar-refractivity contribution in [2.45, 2.75) is 39.7 Å². The van der Waals surface area contributed by atoms with Crippen LogP contribution in [0, 0.1) is 5.92 Å². The molecule has 14 heavy (non-hydrogen) atoms. The van der Waals surface area contributed by atoms with Crippen molar-refractivity contribution in [1.82, 2.24) is 5.32 Å². The summed E-state index contributed by atoms with van der Waals surface area (Å²) in [6.07, 6.45) is 4.06. The Balaban J connectivity index is 3.22. The van der Waals surface area contributed by atoms with Gasteiger partial charge >= 0.3 is 0 Å². The molecule has 0 aliphatic carbocycles. The van der Waals surface area contributed by atoms with Crippen LogP contribution >= 0.6 is 0 Å². The second kappa shape index (κ2) is 9.22. The minimum absolute atomic E-state index is 0.586. The standard InChI is InChI=1S/C12H25NO/c1-5-7-9-14-10-8-13-12(4)11(3)6-2/h5,11-13H,1,6-10H2,2-4H3. The highest BCUT2D eigenvalue weighted by atomic mass is 16.5. The van der Waals surface area contributed by atoms with E-state index in [9.17, 15) is 0 Å². The molecule has 0 aromatic heterocycles. The number of nitrogens with one attached hydrogen (secondary N) is 1. The third kappa shape index (κ3) is 7.10. The van der Waals surface area contributed by atoms with Crippen molar-refractivity contribution in [2.24, 2.45) is 5.92 Å². The molecule has 2 heteroatoms. The Labute approximate surface area is 88.7 Å². The number of ether oxygens (including phenoxy) is 1. The SMILES string of the molecule is C=CCCOCCNC(C)C(C)CC. The van der Waals surface area contributed by atoms with E-state index in [0.717, 1.165) is 32.1 Å². The molecule has 2 atom stereocenters. The fourth-order valence-electron chi connectivity index (χ4n) is 1.18. The van der Waals surface area contributed by atoms with Gasteiger partial charge in [0.25, 0.3) is 0 Å². The molecule has 0 spiro atoms. The fraction of sp³-hybridized carbons (Fsp3) is 0.833. The second-order valence-electron chi connectivity index (χ2n) is 3.82. The first-order valence-electron chi connectivity index (χ1n) is 5.64. The zero-order valence-corrected chi connectivity index (χ0v) is 9.88. The van der Waals surface area contributed by atoms with Gasteiger partial charge in [-0.1, -0.05) is 26.3 Å². The van der Waals surface area contributed by atoms with E-state index in [1.54, 1.807) is 0 Å². The van der Waals surface area contributed by atoms with Gasteiger partial charge in [0.1, 0.15) is 0 Å². The Morgan fingerprint density at radius 2 is 2.07 bits per heavy atom. The van der Waals surface area contributed by atoms with Gasteiger partial charge in [-0.05, 0) is 19.3 Å². The van der Waals surface area contributed by atoms with Gasteiger partial charge in [-0.2, -0.15) is 0 Å². The molecule has 0 radical (unpaired) electrons. The molecule has 0 amide bonds. The third-order valence-corrected chi connectivity index (χ3v) is 2.68. The van der Waals surface area contributed by atoms with Crippen molar-refractivity contribution in [2.75, 3.05) is 19.8 Å². The van der Waals surface area contributed by atoms with Crippen molar-refractivity contribution in [1.29, 1.82) is 0 Å². The highest BCUT2D eigenvalue weighted by Gasteiger charge is 2.07. The maximum atomic E-state index is 5.40. The molecule has 0 fully saturated rings. The summed E-state index contributed by atoms with van der Waals surface area (Å²) in [6, 6.07) is 0.586. The van der Waals surface area contributed by atoms with E-state index in [-0.39, 0.29) is 0 Å². The lowest BCUT2D eigenvalue weighted by Crippen LogP contribution is -2.34. The van der Waals surface area contributed by atoms with Crippen LogP contribution in [0.5, 0.6) is 0 Å². The minimum atomic E-state index is 0.586. The normalized spacial score (nSPS) is 15.1. The molecule has 1 N–H and O–H groups in total. The van der Waals surface area contributed by atoms with E-state index in [1.807, 2.05) is 6.08 Å². The molecule has 0 bridgehead atoms. The summed E-state index contributed by atoms with van der Waals surface area (Å²) in [5.41, 5.74) is 0. The molecular weight excluding hydrogens is 174 g/mol. The summed E-state index contributed by atoms with van der Waals surface area (Å²) in [4.78, 5) is 0. The van der Waals surface area contributed by atoms with Crippen molar-refractivity contribution >= 4 is 0 Å². The lowest BCUT2D eigenvalue weighted by Gasteiger charge is -2.19. The molecule has 0 rings (SSSR count). The van der Waals surface area contributed by atoms with Crippen LogP contribution in [0.1, 0.15) is 33.6 Å². The average molecular weight is 199 g/mol. The van der Waals surface area contributed by atoms with Crippen LogP contribution in [-0.2, 0) is 4.74 Å². The molecule has 0 aromatic rings. The van der Waals surface area contributed by atoms with Crippen LogP contribution in [0.2, 0.25) is 0 Å². The predicted octanol–water partition coefficient (Wildman–Crippen LogP) is 2.60. The molecule has 2 unspecified atom stereocenters. The van der Waals surface area contributed by atoms with Gasteiger partial charge in [-0.25, -0.2) is 0 Å². The van der Waals surface area contributed by atoms with Crippen molar-refractivity contribution in [3.05, 3.63) is 12.7 Å². The maximum Gasteiger partial charge on any atom is 0.0591 e. The summed E-state index contributed by atoms with van der Waals surface area (Å²) in [7, 11) is 0. The van der Waals surface area contributed by atoms with E-state index in [0.29, 0.717) is 6.04 Å². The van der Waals surface area contributed by atoms with Crippen LogP contribution in [0.4, 0.5) is 0 Å². The largest absolute Gasteiger partial charge is 0.380 e. The Hall–Kier alpha value is -0.340. The lowest BCUT2D eigenvalue weighted by molar-refractivity contribution is 0.136. The van der Waals surface area contributed by atoms with Crippen molar-refractivity contribution < 1.29 is 4.74 Å². The third-order valence-electron chi connectivity index (χ3n) is 2.68. The molecule has 0 aliphatic heterocycles. The fourth-order valence-corrected chi connectivity index (χ4v) is 1.18. The van der Waals surface area contributed by atoms with Gasteiger partial charge in [0.2, 0.25) is 0 Å². The van der Waals surface area contributed by atoms with Crippen LogP contribution in [0.15, 0.2) is 12.7 Å². The molecule has 0 saturated carbocycles. The highest BCUT2D eigenvalue weighted by Crippen LogP contribution is 2.05. The molecule has 0 heterocycles. The Kier molecular flexibility index (Phi) is 9.00. The van der Waals surface area contributed by atoms with Gasteiger partial charge in [-0.15, -0.1) is 6.58 Å². The lowest BCUT2D eigenvalue weighted by atomic mass is 10.0. The van der Waals surface area contributed by atoms with Crippen molar-refractivity contribution in [3.63, 3.8) is 0 Å². The minimum Gasteiger partial charge on any atom is -0.380 e. The van der Waals surface area contributed by atoms with Gasteiger partial charge in [0, 0.05) is 12.6 Å². The summed E-state index contributed by atoms with van der Waals surface area (Å²) in [5, 5.41) is 3.46. The highest BCUT2D eigenvalue weighted by molar-refractivity contribution is 4.67. The second-order valence-corrected chi connectivity index (χ2v) is 3.82. The average Bonchev–Trinajstić information content (AvgIpc) is 2.21. The Bertz CT molecular complexity index is 136. The zero-order valence-electron chi connectivity index (χ0n) is 9.88.